The van der Waals surface area contributed by atoms with Gasteiger partial charge in [-0.25, -0.2) is 0 Å². The number of carbonyl (C=O) groups excluding carboxylic acids is 1. The quantitative estimate of drug-likeness (QED) is 0.794. The van der Waals surface area contributed by atoms with Crippen LogP contribution >= 0.6 is 0 Å². The molecule has 0 radical (unpaired) electrons. The third-order valence-electron chi connectivity index (χ3n) is 3.83. The molecule has 1 aliphatic heterocycles. The minimum atomic E-state index is -3.59. The Morgan fingerprint density at radius 2 is 1.95 bits per heavy atom. The van der Waals surface area contributed by atoms with Crippen LogP contribution in [0, 0.1) is 0 Å². The molecule has 0 unspecified atom stereocenters. The molecule has 2 atom stereocenters. The lowest BCUT2D eigenvalue weighted by molar-refractivity contribution is -0.135. The van der Waals surface area contributed by atoms with Crippen LogP contribution in [0.15, 0.2) is 0 Å². The Labute approximate surface area is 122 Å². The predicted octanol–water partition coefficient (Wildman–Crippen LogP) is 0.952. The van der Waals surface area contributed by atoms with Crippen LogP contribution in [-0.2, 0) is 15.0 Å². The molecule has 118 valence electrons. The molecule has 1 N–H and O–H groups in total. The first-order valence-electron chi connectivity index (χ1n) is 7.41. The summed E-state index contributed by atoms with van der Waals surface area (Å²) in [6.45, 7) is 8.70. The number of likely N-dealkylation sites (tertiary alicyclic amines) is 1. The summed E-state index contributed by atoms with van der Waals surface area (Å²) in [7, 11) is -3.59. The van der Waals surface area contributed by atoms with Crippen LogP contribution in [0.1, 0.15) is 47.0 Å². The third kappa shape index (κ3) is 4.17. The first-order chi connectivity index (χ1) is 9.33. The molecule has 0 aromatic rings. The van der Waals surface area contributed by atoms with Crippen molar-refractivity contribution >= 4 is 16.1 Å². The second-order valence-corrected chi connectivity index (χ2v) is 7.01. The van der Waals surface area contributed by atoms with Gasteiger partial charge in [0.25, 0.3) is 10.2 Å². The van der Waals surface area contributed by atoms with E-state index in [1.165, 1.54) is 4.31 Å². The summed E-state index contributed by atoms with van der Waals surface area (Å²) in [4.78, 5) is 14.2. The van der Waals surface area contributed by atoms with Gasteiger partial charge in [0.15, 0.2) is 0 Å². The van der Waals surface area contributed by atoms with Gasteiger partial charge in [-0.05, 0) is 33.1 Å². The highest BCUT2D eigenvalue weighted by Gasteiger charge is 2.30. The van der Waals surface area contributed by atoms with Crippen molar-refractivity contribution in [2.45, 2.75) is 59.0 Å². The van der Waals surface area contributed by atoms with Gasteiger partial charge in [-0.15, -0.1) is 0 Å². The summed E-state index contributed by atoms with van der Waals surface area (Å²) in [5.41, 5.74) is 0. The fourth-order valence-corrected chi connectivity index (χ4v) is 3.96. The highest BCUT2D eigenvalue weighted by Crippen LogP contribution is 2.17. The van der Waals surface area contributed by atoms with Crippen molar-refractivity contribution in [1.29, 1.82) is 0 Å². The molecule has 6 nitrogen and oxygen atoms in total. The molecule has 1 rings (SSSR count). The van der Waals surface area contributed by atoms with Gasteiger partial charge in [0.1, 0.15) is 0 Å². The summed E-state index contributed by atoms with van der Waals surface area (Å²) >= 11 is 0. The Balaban J connectivity index is 2.70. The second-order valence-electron chi connectivity index (χ2n) is 5.31. The van der Waals surface area contributed by atoms with Crippen LogP contribution in [0.2, 0.25) is 0 Å². The molecule has 0 spiro atoms. The molecular weight excluding hydrogens is 278 g/mol. The Hall–Kier alpha value is -0.660. The van der Waals surface area contributed by atoms with Crippen LogP contribution in [-0.4, -0.2) is 55.2 Å². The fraction of sp³-hybridized carbons (Fsp3) is 0.923. The molecule has 0 aromatic carbocycles. The molecule has 1 heterocycles. The maximum absolute atomic E-state index is 12.4. The molecular formula is C13H27N3O3S. The van der Waals surface area contributed by atoms with E-state index in [0.717, 1.165) is 25.8 Å². The minimum absolute atomic E-state index is 0.132. The van der Waals surface area contributed by atoms with Crippen LogP contribution in [0.5, 0.6) is 0 Å². The molecule has 0 saturated carbocycles. The molecule has 1 aliphatic rings. The highest BCUT2D eigenvalue weighted by molar-refractivity contribution is 7.87. The predicted molar refractivity (Wildman–Crippen MR) is 79.5 cm³/mol. The van der Waals surface area contributed by atoms with Crippen molar-refractivity contribution in [3.8, 4) is 0 Å². The summed E-state index contributed by atoms with van der Waals surface area (Å²) in [6.07, 6.45) is 3.11. The van der Waals surface area contributed by atoms with Crippen LogP contribution in [0.4, 0.5) is 0 Å². The van der Waals surface area contributed by atoms with Crippen molar-refractivity contribution in [2.75, 3.05) is 19.6 Å². The van der Waals surface area contributed by atoms with Gasteiger partial charge < -0.3 is 4.90 Å². The van der Waals surface area contributed by atoms with E-state index < -0.39 is 16.3 Å². The maximum atomic E-state index is 12.4. The number of rotatable bonds is 6. The van der Waals surface area contributed by atoms with Gasteiger partial charge in [0.05, 0.1) is 6.04 Å². The van der Waals surface area contributed by atoms with E-state index >= 15 is 0 Å². The molecule has 1 saturated heterocycles. The molecule has 20 heavy (non-hydrogen) atoms. The largest absolute Gasteiger partial charge is 0.339 e. The van der Waals surface area contributed by atoms with Crippen molar-refractivity contribution in [3.63, 3.8) is 0 Å². The minimum Gasteiger partial charge on any atom is -0.339 e. The van der Waals surface area contributed by atoms with E-state index in [4.69, 9.17) is 0 Å². The Morgan fingerprint density at radius 1 is 1.35 bits per heavy atom. The number of carbonyl (C=O) groups is 1. The lowest BCUT2D eigenvalue weighted by atomic mass is 10.0. The monoisotopic (exact) mass is 305 g/mol. The van der Waals surface area contributed by atoms with Gasteiger partial charge in [-0.2, -0.15) is 17.4 Å². The molecule has 0 aromatic heterocycles. The topological polar surface area (TPSA) is 69.7 Å². The average Bonchev–Trinajstić information content (AvgIpc) is 2.39. The molecule has 0 aliphatic carbocycles. The SMILES string of the molecule is CCN(CC)S(=O)(=O)N[C@H](C)C(=O)N1CCCC[C@@H]1C. The van der Waals surface area contributed by atoms with E-state index in [0.29, 0.717) is 13.1 Å². The standard InChI is InChI=1S/C13H27N3O3S/c1-5-15(6-2)20(18,19)14-12(4)13(17)16-10-8-7-9-11(16)3/h11-12,14H,5-10H2,1-4H3/t11-,12+/m0/s1. The number of nitrogens with zero attached hydrogens (tertiary/aromatic N) is 2. The van der Waals surface area contributed by atoms with Gasteiger partial charge in [0.2, 0.25) is 5.91 Å². The van der Waals surface area contributed by atoms with Gasteiger partial charge in [-0.1, -0.05) is 13.8 Å². The summed E-state index contributed by atoms with van der Waals surface area (Å²) in [5, 5.41) is 0. The number of amides is 1. The van der Waals surface area contributed by atoms with Crippen molar-refractivity contribution in [3.05, 3.63) is 0 Å². The maximum Gasteiger partial charge on any atom is 0.280 e. The molecule has 1 fully saturated rings. The first-order valence-corrected chi connectivity index (χ1v) is 8.85. The first kappa shape index (κ1) is 17.4. The molecule has 0 bridgehead atoms. The number of piperidine rings is 1. The van der Waals surface area contributed by atoms with Crippen LogP contribution in [0.3, 0.4) is 0 Å². The fourth-order valence-electron chi connectivity index (χ4n) is 2.59. The Kier molecular flexibility index (Phi) is 6.42. The van der Waals surface area contributed by atoms with Gasteiger partial charge in [0, 0.05) is 25.7 Å². The summed E-state index contributed by atoms with van der Waals surface area (Å²) in [6, 6.07) is -0.530. The zero-order chi connectivity index (χ0) is 15.3. The van der Waals surface area contributed by atoms with E-state index in [1.54, 1.807) is 25.7 Å². The van der Waals surface area contributed by atoms with Gasteiger partial charge in [-0.3, -0.25) is 4.79 Å². The van der Waals surface area contributed by atoms with Gasteiger partial charge >= 0.3 is 0 Å². The van der Waals surface area contributed by atoms with E-state index in [-0.39, 0.29) is 11.9 Å². The lowest BCUT2D eigenvalue weighted by Crippen LogP contribution is -2.53. The smallest absolute Gasteiger partial charge is 0.280 e. The molecule has 1 amide bonds. The average molecular weight is 305 g/mol. The molecule has 7 heteroatoms. The van der Waals surface area contributed by atoms with E-state index in [1.807, 2.05) is 6.92 Å². The van der Waals surface area contributed by atoms with E-state index in [9.17, 15) is 13.2 Å². The van der Waals surface area contributed by atoms with Crippen molar-refractivity contribution in [2.24, 2.45) is 0 Å². The highest BCUT2D eigenvalue weighted by atomic mass is 32.2. The number of hydrogen-bond donors (Lipinski definition) is 1. The lowest BCUT2D eigenvalue weighted by Gasteiger charge is -2.35. The summed E-state index contributed by atoms with van der Waals surface area (Å²) < 4.78 is 28.0. The number of nitrogens with one attached hydrogen (secondary N) is 1. The summed E-state index contributed by atoms with van der Waals surface area (Å²) in [5.74, 6) is -0.132. The third-order valence-corrected chi connectivity index (χ3v) is 5.68. The van der Waals surface area contributed by atoms with Crippen molar-refractivity contribution < 1.29 is 13.2 Å². The number of hydrogen-bond acceptors (Lipinski definition) is 3. The zero-order valence-corrected chi connectivity index (χ0v) is 13.7. The van der Waals surface area contributed by atoms with Crippen LogP contribution in [0.25, 0.3) is 0 Å². The Bertz CT molecular complexity index is 421. The zero-order valence-electron chi connectivity index (χ0n) is 12.9. The van der Waals surface area contributed by atoms with Crippen LogP contribution < -0.4 is 4.72 Å². The normalized spacial score (nSPS) is 22.1. The van der Waals surface area contributed by atoms with E-state index in [2.05, 4.69) is 4.72 Å². The Morgan fingerprint density at radius 3 is 2.45 bits per heavy atom. The second kappa shape index (κ2) is 7.38. The van der Waals surface area contributed by atoms with Crippen molar-refractivity contribution in [1.82, 2.24) is 13.9 Å².